The number of ether oxygens (including phenoxy) is 1. The molecule has 1 saturated heterocycles. The van der Waals surface area contributed by atoms with E-state index < -0.39 is 0 Å². The standard InChI is InChI=1S/C12H24N2O2/c1-4-14(5-2)12(15)10-13(3)9-11-7-6-8-16-11/h11H,4-10H2,1-3H3. The first-order valence-corrected chi connectivity index (χ1v) is 6.25. The number of rotatable bonds is 6. The molecule has 4 nitrogen and oxygen atoms in total. The summed E-state index contributed by atoms with van der Waals surface area (Å²) in [6.07, 6.45) is 2.61. The van der Waals surface area contributed by atoms with Gasteiger partial charge in [-0.2, -0.15) is 0 Å². The van der Waals surface area contributed by atoms with E-state index in [4.69, 9.17) is 4.74 Å². The van der Waals surface area contributed by atoms with E-state index in [1.165, 1.54) is 0 Å². The van der Waals surface area contributed by atoms with Gasteiger partial charge in [0.05, 0.1) is 12.6 Å². The van der Waals surface area contributed by atoms with Crippen LogP contribution in [-0.2, 0) is 9.53 Å². The molecular formula is C12H24N2O2. The van der Waals surface area contributed by atoms with Gasteiger partial charge in [-0.05, 0) is 33.7 Å². The highest BCUT2D eigenvalue weighted by Gasteiger charge is 2.19. The Morgan fingerprint density at radius 3 is 2.56 bits per heavy atom. The molecule has 1 aliphatic heterocycles. The predicted octanol–water partition coefficient (Wildman–Crippen LogP) is 0.966. The first-order chi connectivity index (χ1) is 7.67. The quantitative estimate of drug-likeness (QED) is 0.679. The fourth-order valence-electron chi connectivity index (χ4n) is 2.11. The van der Waals surface area contributed by atoms with Gasteiger partial charge in [0.15, 0.2) is 0 Å². The van der Waals surface area contributed by atoms with Crippen LogP contribution in [-0.4, -0.2) is 61.6 Å². The maximum atomic E-state index is 11.8. The van der Waals surface area contributed by atoms with E-state index in [0.29, 0.717) is 12.6 Å². The average Bonchev–Trinajstić information content (AvgIpc) is 2.71. The molecule has 0 saturated carbocycles. The lowest BCUT2D eigenvalue weighted by Gasteiger charge is -2.24. The monoisotopic (exact) mass is 228 g/mol. The number of likely N-dealkylation sites (N-methyl/N-ethyl adjacent to an activating group) is 2. The Kier molecular flexibility index (Phi) is 5.77. The lowest BCUT2D eigenvalue weighted by atomic mass is 10.2. The maximum Gasteiger partial charge on any atom is 0.236 e. The van der Waals surface area contributed by atoms with E-state index in [9.17, 15) is 4.79 Å². The van der Waals surface area contributed by atoms with Crippen molar-refractivity contribution in [1.29, 1.82) is 0 Å². The molecule has 1 aliphatic rings. The second kappa shape index (κ2) is 6.86. The minimum Gasteiger partial charge on any atom is -0.377 e. The fraction of sp³-hybridized carbons (Fsp3) is 0.917. The third kappa shape index (κ3) is 4.10. The molecule has 0 radical (unpaired) electrons. The molecule has 1 unspecified atom stereocenters. The van der Waals surface area contributed by atoms with Crippen LogP contribution in [0.5, 0.6) is 0 Å². The predicted molar refractivity (Wildman–Crippen MR) is 64.4 cm³/mol. The number of hydrogen-bond donors (Lipinski definition) is 0. The topological polar surface area (TPSA) is 32.8 Å². The molecule has 1 fully saturated rings. The van der Waals surface area contributed by atoms with E-state index in [-0.39, 0.29) is 5.91 Å². The van der Waals surface area contributed by atoms with E-state index >= 15 is 0 Å². The largest absolute Gasteiger partial charge is 0.377 e. The van der Waals surface area contributed by atoms with Crippen molar-refractivity contribution in [1.82, 2.24) is 9.80 Å². The van der Waals surface area contributed by atoms with Gasteiger partial charge in [0.2, 0.25) is 5.91 Å². The third-order valence-corrected chi connectivity index (χ3v) is 3.06. The number of amides is 1. The van der Waals surface area contributed by atoms with Crippen LogP contribution in [0.25, 0.3) is 0 Å². The zero-order chi connectivity index (χ0) is 12.0. The fourth-order valence-corrected chi connectivity index (χ4v) is 2.11. The van der Waals surface area contributed by atoms with Gasteiger partial charge in [-0.15, -0.1) is 0 Å². The lowest BCUT2D eigenvalue weighted by Crippen LogP contribution is -2.41. The molecule has 4 heteroatoms. The molecule has 1 amide bonds. The van der Waals surface area contributed by atoms with Crippen molar-refractivity contribution in [2.75, 3.05) is 39.8 Å². The Morgan fingerprint density at radius 1 is 1.38 bits per heavy atom. The Bertz CT molecular complexity index is 211. The van der Waals surface area contributed by atoms with Gasteiger partial charge in [-0.3, -0.25) is 9.69 Å². The van der Waals surface area contributed by atoms with Gasteiger partial charge < -0.3 is 9.64 Å². The zero-order valence-electron chi connectivity index (χ0n) is 10.7. The van der Waals surface area contributed by atoms with Gasteiger partial charge in [0, 0.05) is 26.2 Å². The highest BCUT2D eigenvalue weighted by atomic mass is 16.5. The highest BCUT2D eigenvalue weighted by molar-refractivity contribution is 5.78. The summed E-state index contributed by atoms with van der Waals surface area (Å²) in [7, 11) is 1.99. The summed E-state index contributed by atoms with van der Waals surface area (Å²) >= 11 is 0. The van der Waals surface area contributed by atoms with Crippen molar-refractivity contribution in [3.8, 4) is 0 Å². The molecule has 0 aromatic heterocycles. The molecule has 1 heterocycles. The summed E-state index contributed by atoms with van der Waals surface area (Å²) in [5, 5.41) is 0. The van der Waals surface area contributed by atoms with Crippen molar-refractivity contribution < 1.29 is 9.53 Å². The second-order valence-electron chi connectivity index (χ2n) is 4.40. The van der Waals surface area contributed by atoms with Crippen molar-refractivity contribution in [3.05, 3.63) is 0 Å². The first-order valence-electron chi connectivity index (χ1n) is 6.25. The van der Waals surface area contributed by atoms with E-state index in [1.807, 2.05) is 25.8 Å². The van der Waals surface area contributed by atoms with Crippen LogP contribution in [0.4, 0.5) is 0 Å². The number of carbonyl (C=O) groups is 1. The summed E-state index contributed by atoms with van der Waals surface area (Å²) in [6, 6.07) is 0. The molecule has 0 aliphatic carbocycles. The van der Waals surface area contributed by atoms with E-state index in [0.717, 1.165) is 39.1 Å². The Morgan fingerprint density at radius 2 is 2.06 bits per heavy atom. The van der Waals surface area contributed by atoms with Crippen LogP contribution in [0.1, 0.15) is 26.7 Å². The molecule has 0 aromatic rings. The van der Waals surface area contributed by atoms with Crippen molar-refractivity contribution in [2.24, 2.45) is 0 Å². The normalized spacial score (nSPS) is 20.4. The van der Waals surface area contributed by atoms with E-state index in [2.05, 4.69) is 4.90 Å². The molecule has 94 valence electrons. The number of hydrogen-bond acceptors (Lipinski definition) is 3. The van der Waals surface area contributed by atoms with Crippen LogP contribution in [0.15, 0.2) is 0 Å². The van der Waals surface area contributed by atoms with Crippen LogP contribution in [0.3, 0.4) is 0 Å². The van der Waals surface area contributed by atoms with Gasteiger partial charge in [-0.1, -0.05) is 0 Å². The summed E-state index contributed by atoms with van der Waals surface area (Å²) < 4.78 is 5.55. The summed E-state index contributed by atoms with van der Waals surface area (Å²) in [6.45, 7) is 7.87. The van der Waals surface area contributed by atoms with Crippen LogP contribution >= 0.6 is 0 Å². The van der Waals surface area contributed by atoms with Gasteiger partial charge in [0.25, 0.3) is 0 Å². The summed E-state index contributed by atoms with van der Waals surface area (Å²) in [5.74, 6) is 0.213. The van der Waals surface area contributed by atoms with Gasteiger partial charge >= 0.3 is 0 Å². The minimum atomic E-state index is 0.213. The summed E-state index contributed by atoms with van der Waals surface area (Å²) in [4.78, 5) is 15.8. The van der Waals surface area contributed by atoms with Gasteiger partial charge in [-0.25, -0.2) is 0 Å². The van der Waals surface area contributed by atoms with Crippen molar-refractivity contribution in [2.45, 2.75) is 32.8 Å². The minimum absolute atomic E-state index is 0.213. The molecule has 0 spiro atoms. The molecule has 16 heavy (non-hydrogen) atoms. The molecule has 0 aromatic carbocycles. The van der Waals surface area contributed by atoms with Crippen molar-refractivity contribution >= 4 is 5.91 Å². The van der Waals surface area contributed by atoms with Gasteiger partial charge in [0.1, 0.15) is 0 Å². The van der Waals surface area contributed by atoms with Crippen LogP contribution in [0, 0.1) is 0 Å². The molecule has 0 N–H and O–H groups in total. The Balaban J connectivity index is 2.26. The highest BCUT2D eigenvalue weighted by Crippen LogP contribution is 2.12. The lowest BCUT2D eigenvalue weighted by molar-refractivity contribution is -0.132. The number of carbonyl (C=O) groups excluding carboxylic acids is 1. The summed E-state index contributed by atoms with van der Waals surface area (Å²) in [5.41, 5.74) is 0. The smallest absolute Gasteiger partial charge is 0.236 e. The third-order valence-electron chi connectivity index (χ3n) is 3.06. The second-order valence-corrected chi connectivity index (χ2v) is 4.40. The van der Waals surface area contributed by atoms with Crippen molar-refractivity contribution in [3.63, 3.8) is 0 Å². The molecule has 0 bridgehead atoms. The molecular weight excluding hydrogens is 204 g/mol. The van der Waals surface area contributed by atoms with E-state index in [1.54, 1.807) is 0 Å². The maximum absolute atomic E-state index is 11.8. The first kappa shape index (κ1) is 13.5. The number of nitrogens with zero attached hydrogens (tertiary/aromatic N) is 2. The SMILES string of the molecule is CCN(CC)C(=O)CN(C)CC1CCCO1. The Labute approximate surface area is 98.5 Å². The Hall–Kier alpha value is -0.610. The average molecular weight is 228 g/mol. The van der Waals surface area contributed by atoms with Crippen LogP contribution in [0.2, 0.25) is 0 Å². The van der Waals surface area contributed by atoms with Crippen LogP contribution < -0.4 is 0 Å². The molecule has 1 rings (SSSR count). The zero-order valence-corrected chi connectivity index (χ0v) is 10.7. The molecule has 1 atom stereocenters.